The first kappa shape index (κ1) is 9.78. The van der Waals surface area contributed by atoms with Crippen molar-refractivity contribution in [2.45, 2.75) is 19.8 Å². The van der Waals surface area contributed by atoms with Crippen LogP contribution in [0.25, 0.3) is 0 Å². The largest absolute Gasteiger partial charge is 0.316 e. The Kier molecular flexibility index (Phi) is 3.07. The average Bonchev–Trinajstić information content (AvgIpc) is 2.16. The molecule has 0 aliphatic carbocycles. The monoisotopic (exact) mass is 176 g/mol. The molecule has 2 nitrogen and oxygen atoms in total. The molecule has 0 aromatic heterocycles. The van der Waals surface area contributed by atoms with Gasteiger partial charge in [0.05, 0.1) is 0 Å². The minimum atomic E-state index is 0.423. The molecule has 1 amide bonds. The van der Waals surface area contributed by atoms with E-state index in [4.69, 9.17) is 0 Å². The molecule has 0 spiro atoms. The zero-order valence-corrected chi connectivity index (χ0v) is 8.24. The van der Waals surface area contributed by atoms with Gasteiger partial charge in [0, 0.05) is 12.7 Å². The average molecular weight is 176 g/mol. The molecule has 0 saturated carbocycles. The van der Waals surface area contributed by atoms with Gasteiger partial charge in [-0.25, -0.2) is 0 Å². The molecule has 13 heavy (non-hydrogen) atoms. The quantitative estimate of drug-likeness (QED) is 0.647. The molecule has 1 aromatic rings. The predicted molar refractivity (Wildman–Crippen MR) is 54.6 cm³/mol. The van der Waals surface area contributed by atoms with Crippen LogP contribution in [-0.4, -0.2) is 13.5 Å². The van der Waals surface area contributed by atoms with Crippen LogP contribution in [0.3, 0.4) is 0 Å². The van der Waals surface area contributed by atoms with E-state index in [0.717, 1.165) is 5.69 Å². The number of amides is 1. The van der Waals surface area contributed by atoms with Crippen LogP contribution in [0.2, 0.25) is 0 Å². The summed E-state index contributed by atoms with van der Waals surface area (Å²) in [5, 5.41) is 0. The highest BCUT2D eigenvalue weighted by Crippen LogP contribution is 2.25. The van der Waals surface area contributed by atoms with Gasteiger partial charge in [-0.2, -0.15) is 0 Å². The molecule has 1 rings (SSSR count). The summed E-state index contributed by atoms with van der Waals surface area (Å²) in [7, 11) is 1.72. The first-order valence-electron chi connectivity index (χ1n) is 4.37. The number of hydrogen-bond acceptors (Lipinski definition) is 1. The summed E-state index contributed by atoms with van der Waals surface area (Å²) in [6.07, 6.45) is 1.86. The fourth-order valence-corrected chi connectivity index (χ4v) is 1.33. The van der Waals surface area contributed by atoms with Crippen molar-refractivity contribution in [3.63, 3.8) is 0 Å². The lowest BCUT2D eigenvalue weighted by Gasteiger charge is -2.17. The summed E-state index contributed by atoms with van der Waals surface area (Å²) in [5.74, 6) is 0.423. The third-order valence-electron chi connectivity index (χ3n) is 2.06. The van der Waals surface area contributed by atoms with Crippen molar-refractivity contribution < 1.29 is 4.79 Å². The Morgan fingerprint density at radius 1 is 1.31 bits per heavy atom. The summed E-state index contributed by atoms with van der Waals surface area (Å²) < 4.78 is 0. The highest BCUT2D eigenvalue weighted by Gasteiger charge is 2.08. The maximum Gasteiger partial charge on any atom is 0.316 e. The van der Waals surface area contributed by atoms with E-state index in [0.29, 0.717) is 5.92 Å². The summed E-state index contributed by atoms with van der Waals surface area (Å²) in [6, 6.07) is 7.88. The molecule has 1 aromatic carbocycles. The van der Waals surface area contributed by atoms with Gasteiger partial charge in [0.2, 0.25) is 0 Å². The number of nitrogens with zero attached hydrogens (tertiary/aromatic N) is 1. The second kappa shape index (κ2) is 4.08. The van der Waals surface area contributed by atoms with Gasteiger partial charge >= 0.3 is 6.41 Å². The van der Waals surface area contributed by atoms with Gasteiger partial charge in [0.25, 0.3) is 0 Å². The molecule has 0 N–H and O–H groups in total. The number of benzene rings is 1. The molecule has 0 bridgehead atoms. The Morgan fingerprint density at radius 2 is 1.92 bits per heavy atom. The minimum Gasteiger partial charge on any atom is -0.307 e. The maximum atomic E-state index is 10.5. The van der Waals surface area contributed by atoms with Crippen molar-refractivity contribution >= 4 is 12.1 Å². The van der Waals surface area contributed by atoms with Crippen molar-refractivity contribution in [1.82, 2.24) is 0 Å². The van der Waals surface area contributed by atoms with Crippen LogP contribution in [0.1, 0.15) is 25.3 Å². The molecule has 0 aliphatic rings. The topological polar surface area (TPSA) is 20.3 Å². The third kappa shape index (κ3) is 2.08. The fraction of sp³-hybridized carbons (Fsp3) is 0.364. The van der Waals surface area contributed by atoms with E-state index >= 15 is 0 Å². The maximum absolute atomic E-state index is 10.5. The minimum absolute atomic E-state index is 0.423. The Balaban J connectivity index is 3.11. The Bertz CT molecular complexity index is 294. The van der Waals surface area contributed by atoms with E-state index in [-0.39, 0.29) is 0 Å². The van der Waals surface area contributed by atoms with Crippen molar-refractivity contribution in [2.24, 2.45) is 0 Å². The number of para-hydroxylation sites is 1. The lowest BCUT2D eigenvalue weighted by molar-refractivity contribution is 0.554. The number of rotatable bonds is 3. The molecular formula is C11H14NO. The van der Waals surface area contributed by atoms with E-state index in [9.17, 15) is 4.79 Å². The zero-order chi connectivity index (χ0) is 9.84. The van der Waals surface area contributed by atoms with Crippen molar-refractivity contribution in [2.75, 3.05) is 11.9 Å². The second-order valence-electron chi connectivity index (χ2n) is 3.36. The van der Waals surface area contributed by atoms with Crippen LogP contribution < -0.4 is 4.90 Å². The molecule has 0 unspecified atom stereocenters. The van der Waals surface area contributed by atoms with E-state index in [1.807, 2.05) is 30.7 Å². The van der Waals surface area contributed by atoms with Gasteiger partial charge in [-0.1, -0.05) is 32.0 Å². The molecule has 0 fully saturated rings. The van der Waals surface area contributed by atoms with E-state index in [2.05, 4.69) is 13.8 Å². The molecular weight excluding hydrogens is 162 g/mol. The molecule has 69 valence electrons. The van der Waals surface area contributed by atoms with Crippen LogP contribution >= 0.6 is 0 Å². The molecule has 0 atom stereocenters. The normalized spacial score (nSPS) is 10.2. The Morgan fingerprint density at radius 3 is 2.46 bits per heavy atom. The summed E-state index contributed by atoms with van der Waals surface area (Å²) >= 11 is 0. The Hall–Kier alpha value is -1.31. The molecule has 2 heteroatoms. The summed E-state index contributed by atoms with van der Waals surface area (Å²) in [4.78, 5) is 12.0. The van der Waals surface area contributed by atoms with Gasteiger partial charge in [-0.05, 0) is 17.5 Å². The van der Waals surface area contributed by atoms with Gasteiger partial charge in [0.1, 0.15) is 0 Å². The van der Waals surface area contributed by atoms with Crippen LogP contribution in [-0.2, 0) is 4.79 Å². The van der Waals surface area contributed by atoms with E-state index in [1.54, 1.807) is 7.05 Å². The highest BCUT2D eigenvalue weighted by atomic mass is 16.1. The number of carbonyl (C=O) groups excluding carboxylic acids is 1. The smallest absolute Gasteiger partial charge is 0.307 e. The summed E-state index contributed by atoms with van der Waals surface area (Å²) in [5.41, 5.74) is 2.11. The van der Waals surface area contributed by atoms with Gasteiger partial charge < -0.3 is 4.90 Å². The molecule has 1 radical (unpaired) electrons. The van der Waals surface area contributed by atoms with E-state index < -0.39 is 0 Å². The predicted octanol–water partition coefficient (Wildman–Crippen LogP) is 2.31. The Labute approximate surface area is 79.2 Å². The van der Waals surface area contributed by atoms with Gasteiger partial charge in [-0.15, -0.1) is 0 Å². The fourth-order valence-electron chi connectivity index (χ4n) is 1.33. The molecule has 0 saturated heterocycles. The van der Waals surface area contributed by atoms with Crippen molar-refractivity contribution in [3.8, 4) is 0 Å². The van der Waals surface area contributed by atoms with Gasteiger partial charge in [-0.3, -0.25) is 4.79 Å². The lowest BCUT2D eigenvalue weighted by Crippen LogP contribution is -2.15. The third-order valence-corrected chi connectivity index (χ3v) is 2.06. The van der Waals surface area contributed by atoms with Gasteiger partial charge in [0.15, 0.2) is 0 Å². The zero-order valence-electron chi connectivity index (χ0n) is 8.24. The first-order chi connectivity index (χ1) is 6.16. The molecule has 0 aliphatic heterocycles. The highest BCUT2D eigenvalue weighted by molar-refractivity contribution is 5.76. The number of anilines is 1. The van der Waals surface area contributed by atoms with Crippen LogP contribution in [0.15, 0.2) is 24.3 Å². The van der Waals surface area contributed by atoms with Crippen molar-refractivity contribution in [3.05, 3.63) is 29.8 Å². The SMILES string of the molecule is CC(C)c1ccccc1N(C)[C]=O. The standard InChI is InChI=1S/C11H14NO/c1-9(2)10-6-4-5-7-11(10)12(3)8-13/h4-7,9H,1-3H3. The first-order valence-corrected chi connectivity index (χ1v) is 4.37. The van der Waals surface area contributed by atoms with Crippen LogP contribution in [0.4, 0.5) is 5.69 Å². The van der Waals surface area contributed by atoms with Crippen LogP contribution in [0.5, 0.6) is 0 Å². The lowest BCUT2D eigenvalue weighted by atomic mass is 10.0. The summed E-state index contributed by atoms with van der Waals surface area (Å²) in [6.45, 7) is 4.22. The molecule has 0 heterocycles. The van der Waals surface area contributed by atoms with Crippen LogP contribution in [0, 0.1) is 0 Å². The van der Waals surface area contributed by atoms with E-state index in [1.165, 1.54) is 10.5 Å². The number of hydrogen-bond donors (Lipinski definition) is 0. The second-order valence-corrected chi connectivity index (χ2v) is 3.36. The van der Waals surface area contributed by atoms with Crippen molar-refractivity contribution in [1.29, 1.82) is 0 Å².